The molecule has 9 atom stereocenters. The molecule has 1 aliphatic heterocycles. The molecule has 0 amide bonds. The van der Waals surface area contributed by atoms with Crippen LogP contribution in [0.3, 0.4) is 0 Å². The van der Waals surface area contributed by atoms with Crippen LogP contribution in [0.5, 0.6) is 0 Å². The van der Waals surface area contributed by atoms with Gasteiger partial charge >= 0.3 is 11.9 Å². The van der Waals surface area contributed by atoms with Gasteiger partial charge in [0.05, 0.1) is 23.7 Å². The number of sulfone groups is 1. The van der Waals surface area contributed by atoms with Crippen molar-refractivity contribution in [1.29, 1.82) is 0 Å². The number of allylic oxidation sites excluding steroid dienone is 5. The smallest absolute Gasteiger partial charge is 0.324 e. The van der Waals surface area contributed by atoms with Crippen LogP contribution in [-0.2, 0) is 28.9 Å². The molecule has 9 heteroatoms. The predicted molar refractivity (Wildman–Crippen MR) is 242 cm³/mol. The van der Waals surface area contributed by atoms with Crippen LogP contribution in [0.4, 0.5) is 0 Å². The molecular formula is C51H82N2O6S. The highest BCUT2D eigenvalue weighted by atomic mass is 32.2. The highest BCUT2D eigenvalue weighted by Crippen LogP contribution is 2.77. The van der Waals surface area contributed by atoms with Crippen molar-refractivity contribution in [2.45, 2.75) is 165 Å². The fourth-order valence-electron chi connectivity index (χ4n) is 15.7. The third kappa shape index (κ3) is 7.74. The molecule has 0 bridgehead atoms. The number of nitrogens with one attached hydrogen (secondary N) is 1. The Balaban J connectivity index is 1.08. The van der Waals surface area contributed by atoms with E-state index in [-0.39, 0.29) is 33.9 Å². The summed E-state index contributed by atoms with van der Waals surface area (Å²) in [5, 5.41) is 3.99. The lowest BCUT2D eigenvalue weighted by atomic mass is 9.32. The van der Waals surface area contributed by atoms with Crippen molar-refractivity contribution in [2.75, 3.05) is 44.2 Å². The van der Waals surface area contributed by atoms with Crippen molar-refractivity contribution in [3.8, 4) is 0 Å². The lowest BCUT2D eigenvalue weighted by Gasteiger charge is -2.72. The molecule has 0 aromatic rings. The molecule has 60 heavy (non-hydrogen) atoms. The van der Waals surface area contributed by atoms with Gasteiger partial charge in [-0.1, -0.05) is 58.9 Å². The maximum atomic E-state index is 13.6. The molecule has 7 rings (SSSR count). The van der Waals surface area contributed by atoms with E-state index < -0.39 is 27.2 Å². The third-order valence-corrected chi connectivity index (χ3v) is 20.5. The minimum atomic E-state index is -2.84. The van der Waals surface area contributed by atoms with Crippen LogP contribution in [0.15, 0.2) is 35.5 Å². The molecule has 0 spiro atoms. The van der Waals surface area contributed by atoms with Crippen LogP contribution in [0.1, 0.15) is 153 Å². The van der Waals surface area contributed by atoms with Gasteiger partial charge in [-0.25, -0.2) is 8.42 Å². The van der Waals surface area contributed by atoms with E-state index in [4.69, 9.17) is 9.47 Å². The molecule has 1 heterocycles. The van der Waals surface area contributed by atoms with Crippen LogP contribution in [0.25, 0.3) is 0 Å². The van der Waals surface area contributed by atoms with E-state index in [9.17, 15) is 18.0 Å². The number of ether oxygens (including phenoxy) is 2. The van der Waals surface area contributed by atoms with Crippen molar-refractivity contribution < 1.29 is 27.5 Å². The van der Waals surface area contributed by atoms with E-state index in [2.05, 4.69) is 70.5 Å². The summed E-state index contributed by atoms with van der Waals surface area (Å²) in [4.78, 5) is 29.5. The maximum Gasteiger partial charge on any atom is 0.324 e. The summed E-state index contributed by atoms with van der Waals surface area (Å²) in [6, 6.07) is 0. The van der Waals surface area contributed by atoms with Crippen molar-refractivity contribution in [3.05, 3.63) is 35.5 Å². The Hall–Kier alpha value is -1.97. The number of carbonyl (C=O) groups excluding carboxylic acids is 2. The lowest BCUT2D eigenvalue weighted by Crippen LogP contribution is -2.66. The first-order valence-corrected chi connectivity index (χ1v) is 26.0. The Bertz CT molecular complexity index is 1810. The summed E-state index contributed by atoms with van der Waals surface area (Å²) in [5.41, 5.74) is 3.90. The van der Waals surface area contributed by atoms with Gasteiger partial charge in [-0.05, 0) is 199 Å². The Morgan fingerprint density at radius 1 is 0.833 bits per heavy atom. The van der Waals surface area contributed by atoms with E-state index in [1.54, 1.807) is 0 Å². The molecule has 0 aromatic heterocycles. The summed E-state index contributed by atoms with van der Waals surface area (Å²) in [6.07, 6.45) is 18.1. The van der Waals surface area contributed by atoms with Gasteiger partial charge in [-0.15, -0.1) is 0 Å². The van der Waals surface area contributed by atoms with Gasteiger partial charge in [0.1, 0.15) is 0 Å². The molecule has 338 valence electrons. The van der Waals surface area contributed by atoms with E-state index >= 15 is 0 Å². The summed E-state index contributed by atoms with van der Waals surface area (Å²) in [5.74, 6) is 2.90. The minimum Gasteiger partial charge on any atom is -0.462 e. The molecule has 5 fully saturated rings. The molecule has 1 N–H and O–H groups in total. The number of esters is 2. The highest BCUT2D eigenvalue weighted by Gasteiger charge is 2.70. The number of hydrogen-bond acceptors (Lipinski definition) is 8. The largest absolute Gasteiger partial charge is 0.462 e. The Morgan fingerprint density at radius 3 is 2.10 bits per heavy atom. The lowest BCUT2D eigenvalue weighted by molar-refractivity contribution is -0.226. The highest BCUT2D eigenvalue weighted by molar-refractivity contribution is 7.91. The van der Waals surface area contributed by atoms with Crippen LogP contribution >= 0.6 is 0 Å². The fourth-order valence-corrected chi connectivity index (χ4v) is 17.0. The zero-order valence-electron chi connectivity index (χ0n) is 39.4. The standard InChI is InChI=1S/C51H82N2O6S/c1-34(2)38-17-22-50(33-52-27-12-28-53-29-31-60(56,57)32-30-53)26-25-48(10)40(43(38)50)13-14-42-47(9)20-18-39(46(7,8)41(47)19-21-49(42,48)11)37-15-23-51(24-16-37,44(54)58-35(3)4)45(55)59-36(5)6/h15,18,35-36,38,40-43,52H,1,12-14,16-17,19-33H2,2-11H3/t38-,40+,41-,42+,43+,47-,48+,49+,50+/m0/s1. The molecule has 1 saturated heterocycles. The molecule has 4 saturated carbocycles. The second kappa shape index (κ2) is 16.5. The zero-order valence-corrected chi connectivity index (χ0v) is 40.2. The summed E-state index contributed by atoms with van der Waals surface area (Å²) in [6.45, 7) is 31.8. The monoisotopic (exact) mass is 851 g/mol. The maximum absolute atomic E-state index is 13.6. The van der Waals surface area contributed by atoms with E-state index in [0.717, 1.165) is 32.5 Å². The number of hydrogen-bond donors (Lipinski definition) is 1. The first kappa shape index (κ1) is 46.0. The Morgan fingerprint density at radius 2 is 1.50 bits per heavy atom. The second-order valence-electron chi connectivity index (χ2n) is 23.0. The van der Waals surface area contributed by atoms with Gasteiger partial charge in [-0.3, -0.25) is 9.59 Å². The SMILES string of the molecule is C=C(C)[C@@H]1CC[C@]2(CNCCCN3CCS(=O)(=O)CC3)CC[C@]3(C)[C@H](CC[C@@H]4[C@@]5(C)CC=C(C6=CCC(C(=O)OC(C)C)(C(=O)OC(C)C)CC6)C(C)(C)[C@@H]5CC[C@]43C)[C@@H]12. The molecular weight excluding hydrogens is 769 g/mol. The Labute approximate surface area is 364 Å². The van der Waals surface area contributed by atoms with E-state index in [0.29, 0.717) is 78.9 Å². The van der Waals surface area contributed by atoms with Gasteiger partial charge in [0, 0.05) is 19.6 Å². The van der Waals surface area contributed by atoms with Crippen LogP contribution < -0.4 is 5.32 Å². The first-order chi connectivity index (χ1) is 28.1. The molecule has 0 radical (unpaired) electrons. The van der Waals surface area contributed by atoms with E-state index in [1.807, 2.05) is 27.7 Å². The van der Waals surface area contributed by atoms with Crippen molar-refractivity contribution in [1.82, 2.24) is 10.2 Å². The summed E-state index contributed by atoms with van der Waals surface area (Å²) in [7, 11) is -2.84. The van der Waals surface area contributed by atoms with Gasteiger partial charge in [0.2, 0.25) is 0 Å². The molecule has 0 unspecified atom stereocenters. The van der Waals surface area contributed by atoms with Gasteiger partial charge in [0.25, 0.3) is 0 Å². The predicted octanol–water partition coefficient (Wildman–Crippen LogP) is 9.89. The van der Waals surface area contributed by atoms with Gasteiger partial charge in [-0.2, -0.15) is 0 Å². The van der Waals surface area contributed by atoms with Gasteiger partial charge < -0.3 is 19.7 Å². The van der Waals surface area contributed by atoms with Crippen molar-refractivity contribution in [3.63, 3.8) is 0 Å². The topological polar surface area (TPSA) is 102 Å². The number of nitrogens with zero attached hydrogens (tertiary/aromatic N) is 1. The molecule has 8 nitrogen and oxygen atoms in total. The van der Waals surface area contributed by atoms with E-state index in [1.165, 1.54) is 68.1 Å². The minimum absolute atomic E-state index is 0.0234. The molecule has 6 aliphatic carbocycles. The summed E-state index contributed by atoms with van der Waals surface area (Å²) < 4.78 is 35.3. The summed E-state index contributed by atoms with van der Waals surface area (Å²) >= 11 is 0. The zero-order chi connectivity index (χ0) is 43.7. The Kier molecular flexibility index (Phi) is 12.7. The van der Waals surface area contributed by atoms with Crippen LogP contribution in [0.2, 0.25) is 0 Å². The number of carbonyl (C=O) groups is 2. The van der Waals surface area contributed by atoms with Crippen LogP contribution in [-0.4, -0.2) is 81.7 Å². The van der Waals surface area contributed by atoms with Crippen molar-refractivity contribution >= 4 is 21.8 Å². The normalized spacial score (nSPS) is 39.4. The average Bonchev–Trinajstić information content (AvgIpc) is 3.55. The fraction of sp³-hybridized carbons (Fsp3) is 0.843. The number of fused-ring (bicyclic) bond motifs is 7. The number of rotatable bonds is 12. The third-order valence-electron chi connectivity index (χ3n) is 18.9. The average molecular weight is 851 g/mol. The second-order valence-corrected chi connectivity index (χ2v) is 25.3. The van der Waals surface area contributed by atoms with Gasteiger partial charge in [0.15, 0.2) is 15.3 Å². The molecule has 0 aromatic carbocycles. The quantitative estimate of drug-likeness (QED) is 0.0897. The first-order valence-electron chi connectivity index (χ1n) is 24.2. The molecule has 7 aliphatic rings. The van der Waals surface area contributed by atoms with Crippen LogP contribution in [0, 0.1) is 62.1 Å². The van der Waals surface area contributed by atoms with Crippen molar-refractivity contribution in [2.24, 2.45) is 62.1 Å².